The van der Waals surface area contributed by atoms with Crippen LogP contribution in [0, 0.1) is 5.82 Å². The Morgan fingerprint density at radius 3 is 2.78 bits per heavy atom. The average Bonchev–Trinajstić information content (AvgIpc) is 2.39. The maximum absolute atomic E-state index is 13.9. The third-order valence-electron chi connectivity index (χ3n) is 2.43. The topological polar surface area (TPSA) is 59.4 Å². The number of halogens is 1. The van der Waals surface area contributed by atoms with Gasteiger partial charge in [-0.05, 0) is 30.3 Å². The molecule has 0 amide bonds. The first-order valence-electron chi connectivity index (χ1n) is 5.15. The Balaban J connectivity index is 2.49. The Morgan fingerprint density at radius 2 is 2.17 bits per heavy atom. The third-order valence-corrected chi connectivity index (χ3v) is 2.43. The molecule has 0 bridgehead atoms. The van der Waals surface area contributed by atoms with E-state index in [0.29, 0.717) is 0 Å². The normalized spacial score (nSPS) is 10.1. The minimum Gasteiger partial charge on any atom is -0.506 e. The minimum atomic E-state index is -0.646. The van der Waals surface area contributed by atoms with E-state index in [9.17, 15) is 14.3 Å². The number of hydrogen-bond acceptors (Lipinski definition) is 4. The van der Waals surface area contributed by atoms with E-state index in [4.69, 9.17) is 0 Å². The molecule has 0 fully saturated rings. The van der Waals surface area contributed by atoms with Gasteiger partial charge in [0, 0.05) is 11.8 Å². The maximum Gasteiger partial charge on any atom is 0.337 e. The highest BCUT2D eigenvalue weighted by atomic mass is 19.1. The molecule has 0 radical (unpaired) electrons. The second-order valence-corrected chi connectivity index (χ2v) is 3.56. The van der Waals surface area contributed by atoms with Crippen LogP contribution in [0.1, 0.15) is 10.4 Å². The molecule has 1 N–H and O–H groups in total. The second-order valence-electron chi connectivity index (χ2n) is 3.56. The number of pyridine rings is 1. The molecule has 0 unspecified atom stereocenters. The third kappa shape index (κ3) is 2.15. The van der Waals surface area contributed by atoms with Gasteiger partial charge in [-0.15, -0.1) is 0 Å². The van der Waals surface area contributed by atoms with Crippen LogP contribution in [-0.4, -0.2) is 23.2 Å². The summed E-state index contributed by atoms with van der Waals surface area (Å²) in [5, 5.41) is 9.59. The summed E-state index contributed by atoms with van der Waals surface area (Å²) in [6.07, 6.45) is 1.45. The average molecular weight is 247 g/mol. The Kier molecular flexibility index (Phi) is 3.23. The SMILES string of the molecule is COC(=O)c1ccc(-c2ncccc2O)c(F)c1. The number of carbonyl (C=O) groups is 1. The zero-order chi connectivity index (χ0) is 13.1. The lowest BCUT2D eigenvalue weighted by Crippen LogP contribution is -2.02. The van der Waals surface area contributed by atoms with Gasteiger partial charge in [-0.1, -0.05) is 0 Å². The number of methoxy groups -OCH3 is 1. The molecular formula is C13H10FNO3. The number of aromatic nitrogens is 1. The van der Waals surface area contributed by atoms with Crippen LogP contribution >= 0.6 is 0 Å². The van der Waals surface area contributed by atoms with E-state index < -0.39 is 11.8 Å². The molecule has 18 heavy (non-hydrogen) atoms. The van der Waals surface area contributed by atoms with Gasteiger partial charge in [-0.2, -0.15) is 0 Å². The van der Waals surface area contributed by atoms with E-state index in [1.54, 1.807) is 6.07 Å². The van der Waals surface area contributed by atoms with Crippen LogP contribution in [0.25, 0.3) is 11.3 Å². The van der Waals surface area contributed by atoms with Crippen LogP contribution in [0.2, 0.25) is 0 Å². The van der Waals surface area contributed by atoms with E-state index in [-0.39, 0.29) is 22.6 Å². The first kappa shape index (κ1) is 12.0. The van der Waals surface area contributed by atoms with Crippen molar-refractivity contribution in [2.45, 2.75) is 0 Å². The molecule has 92 valence electrons. The first-order chi connectivity index (χ1) is 8.63. The van der Waals surface area contributed by atoms with Crippen molar-refractivity contribution in [1.82, 2.24) is 4.98 Å². The Hall–Kier alpha value is -2.43. The summed E-state index contributed by atoms with van der Waals surface area (Å²) in [6.45, 7) is 0. The highest BCUT2D eigenvalue weighted by molar-refractivity contribution is 5.90. The van der Waals surface area contributed by atoms with Crippen LogP contribution in [-0.2, 0) is 4.74 Å². The van der Waals surface area contributed by atoms with E-state index in [1.807, 2.05) is 0 Å². The molecule has 2 aromatic rings. The Morgan fingerprint density at radius 1 is 1.39 bits per heavy atom. The van der Waals surface area contributed by atoms with Gasteiger partial charge in [0.1, 0.15) is 17.3 Å². The lowest BCUT2D eigenvalue weighted by molar-refractivity contribution is 0.0600. The molecule has 0 atom stereocenters. The van der Waals surface area contributed by atoms with Gasteiger partial charge < -0.3 is 9.84 Å². The lowest BCUT2D eigenvalue weighted by Gasteiger charge is -2.06. The van der Waals surface area contributed by atoms with E-state index in [0.717, 1.165) is 6.07 Å². The molecule has 0 aliphatic rings. The van der Waals surface area contributed by atoms with Gasteiger partial charge in [0.05, 0.1) is 12.7 Å². The molecule has 0 saturated carbocycles. The summed E-state index contributed by atoms with van der Waals surface area (Å²) in [6, 6.07) is 6.80. The largest absolute Gasteiger partial charge is 0.506 e. The second kappa shape index (κ2) is 4.83. The molecule has 1 aromatic carbocycles. The first-order valence-corrected chi connectivity index (χ1v) is 5.15. The number of carbonyl (C=O) groups excluding carboxylic acids is 1. The summed E-state index contributed by atoms with van der Waals surface area (Å²) in [5.41, 5.74) is 0.362. The highest BCUT2D eigenvalue weighted by Crippen LogP contribution is 2.28. The molecular weight excluding hydrogens is 237 g/mol. The smallest absolute Gasteiger partial charge is 0.337 e. The van der Waals surface area contributed by atoms with Crippen molar-refractivity contribution in [3.05, 3.63) is 47.9 Å². The van der Waals surface area contributed by atoms with Gasteiger partial charge in [-0.3, -0.25) is 4.98 Å². The number of nitrogens with zero attached hydrogens (tertiary/aromatic N) is 1. The number of hydrogen-bond donors (Lipinski definition) is 1. The molecule has 1 aromatic heterocycles. The minimum absolute atomic E-state index is 0.106. The van der Waals surface area contributed by atoms with E-state index >= 15 is 0 Å². The molecule has 2 rings (SSSR count). The molecule has 0 aliphatic heterocycles. The summed E-state index contributed by atoms with van der Waals surface area (Å²) >= 11 is 0. The number of esters is 1. The molecule has 0 spiro atoms. The molecule has 5 heteroatoms. The van der Waals surface area contributed by atoms with Gasteiger partial charge >= 0.3 is 5.97 Å². The van der Waals surface area contributed by atoms with Crippen molar-refractivity contribution in [1.29, 1.82) is 0 Å². The molecule has 0 aliphatic carbocycles. The van der Waals surface area contributed by atoms with E-state index in [1.165, 1.54) is 31.5 Å². The van der Waals surface area contributed by atoms with Crippen molar-refractivity contribution in [2.75, 3.05) is 7.11 Å². The van der Waals surface area contributed by atoms with Crippen molar-refractivity contribution in [3.63, 3.8) is 0 Å². The predicted octanol–water partition coefficient (Wildman–Crippen LogP) is 2.38. The molecule has 4 nitrogen and oxygen atoms in total. The van der Waals surface area contributed by atoms with E-state index in [2.05, 4.69) is 9.72 Å². The maximum atomic E-state index is 13.9. The van der Waals surface area contributed by atoms with Gasteiger partial charge in [0.15, 0.2) is 0 Å². The summed E-state index contributed by atoms with van der Waals surface area (Å²) in [5.74, 6) is -1.39. The zero-order valence-corrected chi connectivity index (χ0v) is 9.55. The van der Waals surface area contributed by atoms with Crippen molar-refractivity contribution in [3.8, 4) is 17.0 Å². The van der Waals surface area contributed by atoms with Crippen LogP contribution in [0.5, 0.6) is 5.75 Å². The molecule has 0 saturated heterocycles. The lowest BCUT2D eigenvalue weighted by atomic mass is 10.1. The fourth-order valence-corrected chi connectivity index (χ4v) is 1.56. The predicted molar refractivity (Wildman–Crippen MR) is 62.6 cm³/mol. The van der Waals surface area contributed by atoms with Crippen molar-refractivity contribution >= 4 is 5.97 Å². The van der Waals surface area contributed by atoms with Gasteiger partial charge in [-0.25, -0.2) is 9.18 Å². The summed E-state index contributed by atoms with van der Waals surface area (Å²) < 4.78 is 18.3. The fraction of sp³-hybridized carbons (Fsp3) is 0.0769. The standard InChI is InChI=1S/C13H10FNO3/c1-18-13(17)8-4-5-9(10(14)7-8)12-11(16)3-2-6-15-12/h2-7,16H,1H3. The quantitative estimate of drug-likeness (QED) is 0.828. The summed E-state index contributed by atoms with van der Waals surface area (Å²) in [7, 11) is 1.22. The molecule has 1 heterocycles. The van der Waals surface area contributed by atoms with Crippen LogP contribution < -0.4 is 0 Å². The Bertz CT molecular complexity index is 599. The van der Waals surface area contributed by atoms with Crippen molar-refractivity contribution < 1.29 is 19.0 Å². The highest BCUT2D eigenvalue weighted by Gasteiger charge is 2.14. The van der Waals surface area contributed by atoms with Crippen molar-refractivity contribution in [2.24, 2.45) is 0 Å². The monoisotopic (exact) mass is 247 g/mol. The fourth-order valence-electron chi connectivity index (χ4n) is 1.56. The van der Waals surface area contributed by atoms with Gasteiger partial charge in [0.2, 0.25) is 0 Å². The van der Waals surface area contributed by atoms with Crippen LogP contribution in [0.3, 0.4) is 0 Å². The number of ether oxygens (including phenoxy) is 1. The van der Waals surface area contributed by atoms with Crippen LogP contribution in [0.4, 0.5) is 4.39 Å². The zero-order valence-electron chi connectivity index (χ0n) is 9.55. The number of rotatable bonds is 2. The van der Waals surface area contributed by atoms with Crippen LogP contribution in [0.15, 0.2) is 36.5 Å². The van der Waals surface area contributed by atoms with Gasteiger partial charge in [0.25, 0.3) is 0 Å². The Labute approximate surface area is 103 Å². The number of benzene rings is 1. The number of aromatic hydroxyl groups is 1. The summed E-state index contributed by atoms with van der Waals surface area (Å²) in [4.78, 5) is 15.1.